The zero-order valence-corrected chi connectivity index (χ0v) is 22.9. The summed E-state index contributed by atoms with van der Waals surface area (Å²) in [5.74, 6) is 1.94. The van der Waals surface area contributed by atoms with Gasteiger partial charge >= 0.3 is 0 Å². The van der Waals surface area contributed by atoms with Gasteiger partial charge in [-0.2, -0.15) is 5.10 Å². The summed E-state index contributed by atoms with van der Waals surface area (Å²) >= 11 is 0. The van der Waals surface area contributed by atoms with Crippen LogP contribution in [0.5, 0.6) is 0 Å². The van der Waals surface area contributed by atoms with Crippen LogP contribution in [0.2, 0.25) is 0 Å². The summed E-state index contributed by atoms with van der Waals surface area (Å²) in [6.07, 6.45) is 4.06. The number of rotatable bonds is 6. The van der Waals surface area contributed by atoms with Crippen LogP contribution in [0.3, 0.4) is 0 Å². The van der Waals surface area contributed by atoms with Crippen LogP contribution in [0.1, 0.15) is 42.3 Å². The van der Waals surface area contributed by atoms with Crippen LogP contribution in [-0.2, 0) is 6.54 Å². The molecule has 2 N–H and O–H groups in total. The van der Waals surface area contributed by atoms with Crippen LogP contribution in [0.15, 0.2) is 53.7 Å². The van der Waals surface area contributed by atoms with Crippen molar-refractivity contribution in [1.29, 1.82) is 0 Å². The molecule has 0 spiro atoms. The SMILES string of the molecule is CCNC(=NCc1ccccc1-n1nc(C)cc1C)NC1CCN(c2ccc(C)cn2)CC1.I. The van der Waals surface area contributed by atoms with Crippen LogP contribution in [0.4, 0.5) is 5.82 Å². The minimum atomic E-state index is 0. The molecule has 3 aromatic rings. The number of aromatic nitrogens is 3. The van der Waals surface area contributed by atoms with Gasteiger partial charge in [-0.1, -0.05) is 24.3 Å². The summed E-state index contributed by atoms with van der Waals surface area (Å²) in [4.78, 5) is 11.9. The van der Waals surface area contributed by atoms with Gasteiger partial charge in [0.15, 0.2) is 5.96 Å². The minimum absolute atomic E-state index is 0. The summed E-state index contributed by atoms with van der Waals surface area (Å²) in [6, 6.07) is 15.1. The van der Waals surface area contributed by atoms with E-state index in [0.29, 0.717) is 12.6 Å². The molecule has 1 aliphatic rings. The quantitative estimate of drug-likeness (QED) is 0.258. The van der Waals surface area contributed by atoms with Gasteiger partial charge in [-0.3, -0.25) is 0 Å². The van der Waals surface area contributed by atoms with E-state index in [0.717, 1.165) is 66.9 Å². The van der Waals surface area contributed by atoms with Crippen LogP contribution in [0.25, 0.3) is 5.69 Å². The van der Waals surface area contributed by atoms with Crippen molar-refractivity contribution in [2.75, 3.05) is 24.5 Å². The molecular weight excluding hydrogens is 537 g/mol. The molecule has 0 atom stereocenters. The Labute approximate surface area is 220 Å². The van der Waals surface area contributed by atoms with E-state index < -0.39 is 0 Å². The highest BCUT2D eigenvalue weighted by molar-refractivity contribution is 14.0. The molecular formula is C26H36IN7. The maximum absolute atomic E-state index is 4.91. The first-order chi connectivity index (χ1) is 16.0. The molecule has 0 amide bonds. The predicted octanol–water partition coefficient (Wildman–Crippen LogP) is 4.53. The highest BCUT2D eigenvalue weighted by Gasteiger charge is 2.21. The number of guanidine groups is 1. The summed E-state index contributed by atoms with van der Waals surface area (Å²) < 4.78 is 2.01. The normalized spacial score (nSPS) is 14.6. The number of piperidine rings is 1. The molecule has 0 saturated carbocycles. The molecule has 34 heavy (non-hydrogen) atoms. The van der Waals surface area contributed by atoms with Gasteiger partial charge in [0.2, 0.25) is 0 Å². The topological polar surface area (TPSA) is 70.4 Å². The van der Waals surface area contributed by atoms with E-state index >= 15 is 0 Å². The van der Waals surface area contributed by atoms with Gasteiger partial charge in [-0.15, -0.1) is 24.0 Å². The smallest absolute Gasteiger partial charge is 0.191 e. The van der Waals surface area contributed by atoms with E-state index in [2.05, 4.69) is 88.9 Å². The number of aliphatic imine (C=N–C) groups is 1. The number of hydrogen-bond donors (Lipinski definition) is 2. The van der Waals surface area contributed by atoms with Crippen LogP contribution in [0, 0.1) is 20.8 Å². The predicted molar refractivity (Wildman–Crippen MR) is 151 cm³/mol. The maximum atomic E-state index is 4.91. The lowest BCUT2D eigenvalue weighted by Gasteiger charge is -2.33. The van der Waals surface area contributed by atoms with Crippen molar-refractivity contribution in [3.63, 3.8) is 0 Å². The molecule has 182 valence electrons. The zero-order chi connectivity index (χ0) is 23.2. The summed E-state index contributed by atoms with van der Waals surface area (Å²) in [7, 11) is 0. The van der Waals surface area contributed by atoms with Gasteiger partial charge in [0, 0.05) is 37.6 Å². The number of nitrogens with zero attached hydrogens (tertiary/aromatic N) is 5. The lowest BCUT2D eigenvalue weighted by molar-refractivity contribution is 0.459. The Hall–Kier alpha value is -2.62. The summed E-state index contributed by atoms with van der Waals surface area (Å²) in [5, 5.41) is 11.7. The van der Waals surface area contributed by atoms with Crippen LogP contribution in [-0.4, -0.2) is 46.4 Å². The first-order valence-corrected chi connectivity index (χ1v) is 11.9. The minimum Gasteiger partial charge on any atom is -0.357 e. The van der Waals surface area contributed by atoms with Gasteiger partial charge in [-0.25, -0.2) is 14.7 Å². The Morgan fingerprint density at radius 2 is 1.85 bits per heavy atom. The Morgan fingerprint density at radius 1 is 1.09 bits per heavy atom. The molecule has 1 aliphatic heterocycles. The van der Waals surface area contributed by atoms with E-state index in [1.807, 2.05) is 17.8 Å². The number of halogens is 1. The van der Waals surface area contributed by atoms with E-state index in [1.165, 1.54) is 5.56 Å². The molecule has 1 fully saturated rings. The van der Waals surface area contributed by atoms with Crippen molar-refractivity contribution in [3.8, 4) is 5.69 Å². The van der Waals surface area contributed by atoms with Crippen molar-refractivity contribution in [3.05, 3.63) is 71.2 Å². The van der Waals surface area contributed by atoms with Gasteiger partial charge in [-0.05, 0) is 69.9 Å². The molecule has 1 saturated heterocycles. The molecule has 3 heterocycles. The molecule has 0 bridgehead atoms. The number of aryl methyl sites for hydroxylation is 3. The van der Waals surface area contributed by atoms with E-state index in [-0.39, 0.29) is 24.0 Å². The second-order valence-electron chi connectivity index (χ2n) is 8.76. The number of nitrogens with one attached hydrogen (secondary N) is 2. The average Bonchev–Trinajstić information content (AvgIpc) is 3.16. The third-order valence-corrected chi connectivity index (χ3v) is 6.04. The molecule has 4 rings (SSSR count). The second kappa shape index (κ2) is 12.2. The van der Waals surface area contributed by atoms with Gasteiger partial charge in [0.05, 0.1) is 17.9 Å². The largest absolute Gasteiger partial charge is 0.357 e. The van der Waals surface area contributed by atoms with E-state index in [1.54, 1.807) is 0 Å². The maximum Gasteiger partial charge on any atom is 0.191 e. The zero-order valence-electron chi connectivity index (χ0n) is 20.6. The molecule has 8 heteroatoms. The third-order valence-electron chi connectivity index (χ3n) is 6.04. The average molecular weight is 574 g/mol. The van der Waals surface area contributed by atoms with Crippen molar-refractivity contribution >= 4 is 35.8 Å². The molecule has 0 aliphatic carbocycles. The lowest BCUT2D eigenvalue weighted by atomic mass is 10.1. The first kappa shape index (κ1) is 26.0. The molecule has 2 aromatic heterocycles. The highest BCUT2D eigenvalue weighted by atomic mass is 127. The Kier molecular flexibility index (Phi) is 9.32. The Morgan fingerprint density at radius 3 is 2.50 bits per heavy atom. The molecule has 0 unspecified atom stereocenters. The monoisotopic (exact) mass is 573 g/mol. The first-order valence-electron chi connectivity index (χ1n) is 11.9. The van der Waals surface area contributed by atoms with Crippen molar-refractivity contribution in [1.82, 2.24) is 25.4 Å². The third kappa shape index (κ3) is 6.49. The molecule has 0 radical (unpaired) electrons. The Bertz CT molecular complexity index is 1080. The fraction of sp³-hybridized carbons (Fsp3) is 0.423. The summed E-state index contributed by atoms with van der Waals surface area (Å²) in [6.45, 7) is 11.7. The number of hydrogen-bond acceptors (Lipinski definition) is 4. The second-order valence-corrected chi connectivity index (χ2v) is 8.76. The van der Waals surface area contributed by atoms with Gasteiger partial charge in [0.1, 0.15) is 5.82 Å². The number of para-hydroxylation sites is 1. The number of pyridine rings is 1. The van der Waals surface area contributed by atoms with Gasteiger partial charge < -0.3 is 15.5 Å². The number of anilines is 1. The van der Waals surface area contributed by atoms with E-state index in [4.69, 9.17) is 4.99 Å². The van der Waals surface area contributed by atoms with Crippen LogP contribution >= 0.6 is 24.0 Å². The standard InChI is InChI=1S/C26H35N7.HI/c1-5-27-26(30-23-12-14-32(15-13-23)25-11-10-19(2)17-28-25)29-18-22-8-6-7-9-24(22)33-21(4)16-20(3)31-33;/h6-11,16-17,23H,5,12-15,18H2,1-4H3,(H2,27,29,30);1H. The van der Waals surface area contributed by atoms with Crippen molar-refractivity contribution < 1.29 is 0 Å². The fourth-order valence-corrected chi connectivity index (χ4v) is 4.30. The van der Waals surface area contributed by atoms with E-state index in [9.17, 15) is 0 Å². The molecule has 1 aromatic carbocycles. The number of benzene rings is 1. The van der Waals surface area contributed by atoms with Crippen molar-refractivity contribution in [2.45, 2.75) is 53.1 Å². The Balaban J connectivity index is 0.00000324. The highest BCUT2D eigenvalue weighted by Crippen LogP contribution is 2.19. The van der Waals surface area contributed by atoms with Crippen molar-refractivity contribution in [2.24, 2.45) is 4.99 Å². The lowest BCUT2D eigenvalue weighted by Crippen LogP contribution is -2.48. The fourth-order valence-electron chi connectivity index (χ4n) is 4.30. The van der Waals surface area contributed by atoms with Crippen LogP contribution < -0.4 is 15.5 Å². The van der Waals surface area contributed by atoms with Gasteiger partial charge in [0.25, 0.3) is 0 Å². The summed E-state index contributed by atoms with van der Waals surface area (Å²) in [5.41, 5.74) is 5.58. The molecule has 7 nitrogen and oxygen atoms in total.